The van der Waals surface area contributed by atoms with E-state index in [1.54, 1.807) is 0 Å². The fourth-order valence-corrected chi connectivity index (χ4v) is 1.91. The van der Waals surface area contributed by atoms with Crippen LogP contribution >= 0.6 is 11.6 Å². The van der Waals surface area contributed by atoms with Gasteiger partial charge in [-0.25, -0.2) is 4.39 Å². The zero-order valence-corrected chi connectivity index (χ0v) is 10.5. The number of carbonyl (C=O) groups is 2. The summed E-state index contributed by atoms with van der Waals surface area (Å²) < 4.78 is 12.3. The van der Waals surface area contributed by atoms with Gasteiger partial charge in [0.05, 0.1) is 0 Å². The molecule has 0 aromatic heterocycles. The van der Waals surface area contributed by atoms with E-state index in [0.29, 0.717) is 25.9 Å². The standard InChI is InChI=1S/C11H18ClFN2O2/c12-10(13)11(17)14-6-4-8-15-7-3-1-2-5-9(15)16/h10H,1-8H2,(H,14,17). The number of likely N-dealkylation sites (tertiary alicyclic amines) is 1. The van der Waals surface area contributed by atoms with E-state index < -0.39 is 11.5 Å². The lowest BCUT2D eigenvalue weighted by molar-refractivity contribution is -0.130. The van der Waals surface area contributed by atoms with Crippen LogP contribution < -0.4 is 5.32 Å². The highest BCUT2D eigenvalue weighted by Gasteiger charge is 2.16. The number of amides is 2. The van der Waals surface area contributed by atoms with E-state index in [0.717, 1.165) is 25.8 Å². The average molecular weight is 265 g/mol. The summed E-state index contributed by atoms with van der Waals surface area (Å²) in [7, 11) is 0. The summed E-state index contributed by atoms with van der Waals surface area (Å²) in [5.74, 6) is -0.636. The highest BCUT2D eigenvalue weighted by molar-refractivity contribution is 6.29. The molecule has 6 heteroatoms. The Kier molecular flexibility index (Phi) is 6.26. The Hall–Kier alpha value is -0.840. The third-order valence-electron chi connectivity index (χ3n) is 2.77. The van der Waals surface area contributed by atoms with Crippen molar-refractivity contribution in [3.8, 4) is 0 Å². The summed E-state index contributed by atoms with van der Waals surface area (Å²) in [4.78, 5) is 24.2. The van der Waals surface area contributed by atoms with Gasteiger partial charge in [0.15, 0.2) is 0 Å². The van der Waals surface area contributed by atoms with Gasteiger partial charge in [0, 0.05) is 26.1 Å². The summed E-state index contributed by atoms with van der Waals surface area (Å²) in [6, 6.07) is 0. The molecule has 1 rings (SSSR count). The van der Waals surface area contributed by atoms with Crippen LogP contribution in [0.15, 0.2) is 0 Å². The molecule has 0 aliphatic carbocycles. The van der Waals surface area contributed by atoms with Crippen LogP contribution in [0, 0.1) is 0 Å². The Morgan fingerprint density at radius 1 is 1.47 bits per heavy atom. The SMILES string of the molecule is O=C(NCCCN1CCCCCC1=O)C(F)Cl. The molecule has 0 bridgehead atoms. The van der Waals surface area contributed by atoms with E-state index in [4.69, 9.17) is 11.6 Å². The molecule has 1 aliphatic heterocycles. The maximum Gasteiger partial charge on any atom is 0.270 e. The first-order chi connectivity index (χ1) is 8.11. The molecular formula is C11H18ClFN2O2. The fraction of sp³-hybridized carbons (Fsp3) is 0.818. The van der Waals surface area contributed by atoms with Gasteiger partial charge in [-0.3, -0.25) is 9.59 Å². The summed E-state index contributed by atoms with van der Waals surface area (Å²) in [6.07, 6.45) is 4.32. The molecule has 98 valence electrons. The van der Waals surface area contributed by atoms with Crippen LogP contribution in [-0.4, -0.2) is 42.0 Å². The number of nitrogens with zero attached hydrogens (tertiary/aromatic N) is 1. The molecule has 1 aliphatic rings. The normalized spacial score (nSPS) is 18.7. The van der Waals surface area contributed by atoms with Gasteiger partial charge in [0.25, 0.3) is 11.5 Å². The molecule has 0 saturated carbocycles. The van der Waals surface area contributed by atoms with E-state index >= 15 is 0 Å². The largest absolute Gasteiger partial charge is 0.352 e. The van der Waals surface area contributed by atoms with Crippen molar-refractivity contribution < 1.29 is 14.0 Å². The second kappa shape index (κ2) is 7.48. The first kappa shape index (κ1) is 14.2. The molecular weight excluding hydrogens is 247 g/mol. The maximum absolute atomic E-state index is 12.3. The van der Waals surface area contributed by atoms with E-state index in [2.05, 4.69) is 5.32 Å². The number of halogens is 2. The summed E-state index contributed by atoms with van der Waals surface area (Å²) >= 11 is 4.96. The lowest BCUT2D eigenvalue weighted by atomic mass is 10.2. The van der Waals surface area contributed by atoms with Gasteiger partial charge in [-0.05, 0) is 19.3 Å². The first-order valence-electron chi connectivity index (χ1n) is 5.95. The minimum atomic E-state index is -1.99. The van der Waals surface area contributed by atoms with Crippen LogP contribution in [0.1, 0.15) is 32.1 Å². The molecule has 1 N–H and O–H groups in total. The lowest BCUT2D eigenvalue weighted by Gasteiger charge is -2.20. The first-order valence-corrected chi connectivity index (χ1v) is 6.38. The highest BCUT2D eigenvalue weighted by atomic mass is 35.5. The average Bonchev–Trinajstić information content (AvgIpc) is 2.49. The topological polar surface area (TPSA) is 49.4 Å². The number of hydrogen-bond acceptors (Lipinski definition) is 2. The highest BCUT2D eigenvalue weighted by Crippen LogP contribution is 2.11. The van der Waals surface area contributed by atoms with Gasteiger partial charge < -0.3 is 10.2 Å². The van der Waals surface area contributed by atoms with Crippen molar-refractivity contribution in [1.29, 1.82) is 0 Å². The van der Waals surface area contributed by atoms with Crippen molar-refractivity contribution in [2.24, 2.45) is 0 Å². The van der Waals surface area contributed by atoms with Crippen molar-refractivity contribution >= 4 is 23.4 Å². The quantitative estimate of drug-likeness (QED) is 0.603. The van der Waals surface area contributed by atoms with Crippen LogP contribution in [0.4, 0.5) is 4.39 Å². The third kappa shape index (κ3) is 5.35. The molecule has 1 heterocycles. The van der Waals surface area contributed by atoms with E-state index in [9.17, 15) is 14.0 Å². The molecule has 17 heavy (non-hydrogen) atoms. The number of alkyl halides is 2. The van der Waals surface area contributed by atoms with Gasteiger partial charge in [-0.1, -0.05) is 18.0 Å². The zero-order chi connectivity index (χ0) is 12.7. The summed E-state index contributed by atoms with van der Waals surface area (Å²) in [5, 5.41) is 2.37. The molecule has 4 nitrogen and oxygen atoms in total. The summed E-state index contributed by atoms with van der Waals surface area (Å²) in [5.41, 5.74) is -1.99. The number of rotatable bonds is 5. The predicted octanol–water partition coefficient (Wildman–Crippen LogP) is 1.43. The van der Waals surface area contributed by atoms with E-state index in [1.807, 2.05) is 4.90 Å². The Morgan fingerprint density at radius 3 is 2.94 bits per heavy atom. The molecule has 1 saturated heterocycles. The minimum Gasteiger partial charge on any atom is -0.352 e. The van der Waals surface area contributed by atoms with Crippen molar-refractivity contribution in [2.75, 3.05) is 19.6 Å². The second-order valence-electron chi connectivity index (χ2n) is 4.14. The zero-order valence-electron chi connectivity index (χ0n) is 9.75. The number of nitrogens with one attached hydrogen (secondary N) is 1. The van der Waals surface area contributed by atoms with Crippen LogP contribution in [0.5, 0.6) is 0 Å². The fourth-order valence-electron chi connectivity index (χ4n) is 1.83. The number of hydrogen-bond donors (Lipinski definition) is 1. The van der Waals surface area contributed by atoms with Crippen LogP contribution in [0.3, 0.4) is 0 Å². The van der Waals surface area contributed by atoms with Crippen molar-refractivity contribution in [1.82, 2.24) is 10.2 Å². The van der Waals surface area contributed by atoms with Crippen LogP contribution in [0.2, 0.25) is 0 Å². The van der Waals surface area contributed by atoms with E-state index in [-0.39, 0.29) is 5.91 Å². The number of carbonyl (C=O) groups excluding carboxylic acids is 2. The van der Waals surface area contributed by atoms with Crippen molar-refractivity contribution in [2.45, 2.75) is 37.7 Å². The summed E-state index contributed by atoms with van der Waals surface area (Å²) in [6.45, 7) is 1.74. The third-order valence-corrected chi connectivity index (χ3v) is 2.97. The smallest absolute Gasteiger partial charge is 0.270 e. The Morgan fingerprint density at radius 2 is 2.24 bits per heavy atom. The van der Waals surface area contributed by atoms with Gasteiger partial charge in [0.2, 0.25) is 5.91 Å². The van der Waals surface area contributed by atoms with Gasteiger partial charge >= 0.3 is 0 Å². The molecule has 0 spiro atoms. The Bertz CT molecular complexity index is 274. The predicted molar refractivity (Wildman–Crippen MR) is 63.4 cm³/mol. The van der Waals surface area contributed by atoms with Gasteiger partial charge in [0.1, 0.15) is 0 Å². The van der Waals surface area contributed by atoms with Crippen molar-refractivity contribution in [3.63, 3.8) is 0 Å². The van der Waals surface area contributed by atoms with E-state index in [1.165, 1.54) is 0 Å². The lowest BCUT2D eigenvalue weighted by Crippen LogP contribution is -2.35. The van der Waals surface area contributed by atoms with Gasteiger partial charge in [-0.15, -0.1) is 0 Å². The molecule has 0 aromatic carbocycles. The van der Waals surface area contributed by atoms with Crippen molar-refractivity contribution in [3.05, 3.63) is 0 Å². The Balaban J connectivity index is 2.16. The van der Waals surface area contributed by atoms with Crippen LogP contribution in [-0.2, 0) is 9.59 Å². The molecule has 1 atom stereocenters. The molecule has 2 amide bonds. The second-order valence-corrected chi connectivity index (χ2v) is 4.52. The minimum absolute atomic E-state index is 0.175. The molecule has 1 fully saturated rings. The van der Waals surface area contributed by atoms with Crippen LogP contribution in [0.25, 0.3) is 0 Å². The monoisotopic (exact) mass is 264 g/mol. The Labute approximate surface area is 105 Å². The maximum atomic E-state index is 12.3. The molecule has 1 unspecified atom stereocenters. The molecule has 0 aromatic rings. The van der Waals surface area contributed by atoms with Gasteiger partial charge in [-0.2, -0.15) is 0 Å². The molecule has 0 radical (unpaired) electrons.